The molecule has 1 aromatic carbocycles. The molecule has 1 heterocycles. The molecule has 18 heavy (non-hydrogen) atoms. The Kier molecular flexibility index (Phi) is 4.42. The first-order valence-corrected chi connectivity index (χ1v) is 7.26. The smallest absolute Gasteiger partial charge is 0.213 e. The molecule has 0 aliphatic rings. The summed E-state index contributed by atoms with van der Waals surface area (Å²) in [6.07, 6.45) is 0.838. The molecule has 2 rings (SSSR count). The predicted molar refractivity (Wildman–Crippen MR) is 76.7 cm³/mol. The van der Waals surface area contributed by atoms with E-state index in [4.69, 9.17) is 5.73 Å². The quantitative estimate of drug-likeness (QED) is 0.906. The minimum atomic E-state index is 0.132. The summed E-state index contributed by atoms with van der Waals surface area (Å²) in [4.78, 5) is 5.45. The molecule has 6 heteroatoms. The van der Waals surface area contributed by atoms with E-state index in [-0.39, 0.29) is 6.04 Å². The van der Waals surface area contributed by atoms with Crippen molar-refractivity contribution < 1.29 is 0 Å². The lowest BCUT2D eigenvalue weighted by molar-refractivity contribution is 0.729. The zero-order chi connectivity index (χ0) is 13.1. The number of aromatic nitrogens is 3. The van der Waals surface area contributed by atoms with E-state index < -0.39 is 0 Å². The van der Waals surface area contributed by atoms with E-state index in [1.54, 1.807) is 11.8 Å². The van der Waals surface area contributed by atoms with Gasteiger partial charge in [-0.05, 0) is 55.8 Å². The highest BCUT2D eigenvalue weighted by Gasteiger charge is 2.10. The van der Waals surface area contributed by atoms with Crippen molar-refractivity contribution in [2.24, 2.45) is 5.73 Å². The van der Waals surface area contributed by atoms with Gasteiger partial charge in [-0.25, -0.2) is 4.98 Å². The van der Waals surface area contributed by atoms with E-state index >= 15 is 0 Å². The maximum absolute atomic E-state index is 5.88. The van der Waals surface area contributed by atoms with Gasteiger partial charge in [0.05, 0.1) is 0 Å². The van der Waals surface area contributed by atoms with Gasteiger partial charge < -0.3 is 5.73 Å². The normalized spacial score (nSPS) is 12.7. The minimum Gasteiger partial charge on any atom is -0.328 e. The molecule has 0 amide bonds. The van der Waals surface area contributed by atoms with Gasteiger partial charge in [-0.3, -0.25) is 5.10 Å². The summed E-state index contributed by atoms with van der Waals surface area (Å²) < 4.78 is 1.06. The number of aromatic amines is 1. The van der Waals surface area contributed by atoms with Crippen LogP contribution >= 0.6 is 27.7 Å². The number of hydrogen-bond donors (Lipinski definition) is 2. The Morgan fingerprint density at radius 1 is 1.50 bits per heavy atom. The number of rotatable bonds is 4. The Bertz CT molecular complexity index is 539. The summed E-state index contributed by atoms with van der Waals surface area (Å²) in [5.41, 5.74) is 7.09. The lowest BCUT2D eigenvalue weighted by Crippen LogP contribution is -2.18. The van der Waals surface area contributed by atoms with Crippen LogP contribution in [0, 0.1) is 6.92 Å². The molecular formula is C12H15BrN4S. The highest BCUT2D eigenvalue weighted by atomic mass is 79.9. The van der Waals surface area contributed by atoms with E-state index in [9.17, 15) is 0 Å². The highest BCUT2D eigenvalue weighted by molar-refractivity contribution is 9.10. The number of nitrogens with zero attached hydrogens (tertiary/aromatic N) is 2. The fourth-order valence-corrected chi connectivity index (χ4v) is 2.91. The number of aryl methyl sites for hydroxylation is 1. The summed E-state index contributed by atoms with van der Waals surface area (Å²) in [6, 6.07) is 6.32. The molecule has 2 aromatic rings. The van der Waals surface area contributed by atoms with E-state index in [1.165, 1.54) is 5.56 Å². The number of H-pyrrole nitrogens is 1. The van der Waals surface area contributed by atoms with Crippen molar-refractivity contribution in [1.82, 2.24) is 15.2 Å². The van der Waals surface area contributed by atoms with Crippen LogP contribution in [0.25, 0.3) is 0 Å². The monoisotopic (exact) mass is 326 g/mol. The van der Waals surface area contributed by atoms with E-state index in [2.05, 4.69) is 43.2 Å². The van der Waals surface area contributed by atoms with Crippen molar-refractivity contribution in [2.45, 2.75) is 36.4 Å². The van der Waals surface area contributed by atoms with Crippen molar-refractivity contribution in [3.8, 4) is 0 Å². The van der Waals surface area contributed by atoms with Crippen LogP contribution in [0.2, 0.25) is 0 Å². The first kappa shape index (κ1) is 13.6. The second-order valence-electron chi connectivity index (χ2n) is 4.24. The zero-order valence-corrected chi connectivity index (χ0v) is 12.7. The third kappa shape index (κ3) is 3.57. The van der Waals surface area contributed by atoms with Crippen LogP contribution in [0.1, 0.15) is 18.3 Å². The van der Waals surface area contributed by atoms with Gasteiger partial charge in [0.15, 0.2) is 0 Å². The first-order chi connectivity index (χ1) is 8.54. The largest absolute Gasteiger partial charge is 0.328 e. The molecule has 1 aromatic heterocycles. The van der Waals surface area contributed by atoms with Crippen molar-refractivity contribution in [3.05, 3.63) is 34.1 Å². The molecule has 4 nitrogen and oxygen atoms in total. The van der Waals surface area contributed by atoms with Crippen molar-refractivity contribution in [1.29, 1.82) is 0 Å². The van der Waals surface area contributed by atoms with Crippen LogP contribution in [0.3, 0.4) is 0 Å². The fraction of sp³-hybridized carbons (Fsp3) is 0.333. The zero-order valence-electron chi connectivity index (χ0n) is 10.3. The Hall–Kier alpha value is -0.850. The van der Waals surface area contributed by atoms with Crippen molar-refractivity contribution >= 4 is 27.7 Å². The summed E-state index contributed by atoms with van der Waals surface area (Å²) in [6.45, 7) is 3.90. The number of benzene rings is 1. The van der Waals surface area contributed by atoms with Crippen LogP contribution in [-0.4, -0.2) is 21.2 Å². The molecule has 0 saturated heterocycles. The van der Waals surface area contributed by atoms with Crippen molar-refractivity contribution in [2.75, 3.05) is 0 Å². The van der Waals surface area contributed by atoms with Gasteiger partial charge in [-0.2, -0.15) is 0 Å². The summed E-state index contributed by atoms with van der Waals surface area (Å²) in [7, 11) is 0. The molecule has 1 atom stereocenters. The molecule has 0 radical (unpaired) electrons. The van der Waals surface area contributed by atoms with Crippen molar-refractivity contribution in [3.63, 3.8) is 0 Å². The minimum absolute atomic E-state index is 0.132. The molecular weight excluding hydrogens is 312 g/mol. The average Bonchev–Trinajstić information content (AvgIpc) is 2.67. The number of nitrogens with one attached hydrogen (secondary N) is 1. The van der Waals surface area contributed by atoms with Crippen LogP contribution < -0.4 is 5.73 Å². The topological polar surface area (TPSA) is 67.6 Å². The van der Waals surface area contributed by atoms with E-state index in [1.807, 2.05) is 19.9 Å². The Morgan fingerprint density at radius 3 is 2.89 bits per heavy atom. The molecule has 0 saturated carbocycles. The van der Waals surface area contributed by atoms with Gasteiger partial charge in [-0.15, -0.1) is 5.10 Å². The van der Waals surface area contributed by atoms with Gasteiger partial charge in [0.25, 0.3) is 0 Å². The number of hydrogen-bond acceptors (Lipinski definition) is 4. The Balaban J connectivity index is 2.26. The van der Waals surface area contributed by atoms with E-state index in [0.29, 0.717) is 0 Å². The summed E-state index contributed by atoms with van der Waals surface area (Å²) in [5.74, 6) is 0.823. The predicted octanol–water partition coefficient (Wildman–Crippen LogP) is 2.92. The standard InChI is InChI=1S/C12H15BrN4S/c1-7(14)5-9-6-10(13)3-4-11(9)18-12-15-8(2)16-17-12/h3-4,6-7H,5,14H2,1-2H3,(H,15,16,17). The molecule has 96 valence electrons. The lowest BCUT2D eigenvalue weighted by atomic mass is 10.1. The molecule has 0 aliphatic carbocycles. The second-order valence-corrected chi connectivity index (χ2v) is 6.16. The summed E-state index contributed by atoms with van der Waals surface area (Å²) in [5, 5.41) is 7.72. The van der Waals surface area contributed by atoms with Gasteiger partial charge in [0.1, 0.15) is 5.82 Å². The summed E-state index contributed by atoms with van der Waals surface area (Å²) >= 11 is 5.04. The maximum Gasteiger partial charge on any atom is 0.213 e. The maximum atomic E-state index is 5.88. The molecule has 0 bridgehead atoms. The Morgan fingerprint density at radius 2 is 2.28 bits per heavy atom. The SMILES string of the molecule is Cc1nc(Sc2ccc(Br)cc2CC(C)N)n[nH]1. The van der Waals surface area contributed by atoms with E-state index in [0.717, 1.165) is 26.8 Å². The second kappa shape index (κ2) is 5.86. The highest BCUT2D eigenvalue weighted by Crippen LogP contribution is 2.30. The molecule has 0 spiro atoms. The molecule has 0 aliphatic heterocycles. The van der Waals surface area contributed by atoms with Crippen LogP contribution in [0.4, 0.5) is 0 Å². The van der Waals surface area contributed by atoms with Crippen LogP contribution in [0.15, 0.2) is 32.7 Å². The van der Waals surface area contributed by atoms with Gasteiger partial charge in [0.2, 0.25) is 5.16 Å². The van der Waals surface area contributed by atoms with Gasteiger partial charge in [0, 0.05) is 15.4 Å². The third-order valence-electron chi connectivity index (χ3n) is 2.34. The third-order valence-corrected chi connectivity index (χ3v) is 3.82. The van der Waals surface area contributed by atoms with Crippen LogP contribution in [0.5, 0.6) is 0 Å². The van der Waals surface area contributed by atoms with Gasteiger partial charge in [-0.1, -0.05) is 15.9 Å². The lowest BCUT2D eigenvalue weighted by Gasteiger charge is -2.10. The average molecular weight is 327 g/mol. The number of nitrogens with two attached hydrogens (primary N) is 1. The number of halogens is 1. The van der Waals surface area contributed by atoms with Crippen LogP contribution in [-0.2, 0) is 6.42 Å². The van der Waals surface area contributed by atoms with Gasteiger partial charge >= 0.3 is 0 Å². The Labute approximate surface area is 119 Å². The molecule has 0 fully saturated rings. The first-order valence-electron chi connectivity index (χ1n) is 5.65. The molecule has 3 N–H and O–H groups in total. The molecule has 1 unspecified atom stereocenters. The fourth-order valence-electron chi connectivity index (χ4n) is 1.62.